The molecule has 0 bridgehead atoms. The fourth-order valence-electron chi connectivity index (χ4n) is 1.73. The number of thiophene rings is 1. The van der Waals surface area contributed by atoms with Crippen LogP contribution in [0.5, 0.6) is 0 Å². The van der Waals surface area contributed by atoms with E-state index in [4.69, 9.17) is 5.73 Å². The van der Waals surface area contributed by atoms with E-state index in [2.05, 4.69) is 12.2 Å². The molecule has 0 saturated heterocycles. The van der Waals surface area contributed by atoms with Gasteiger partial charge in [0.1, 0.15) is 0 Å². The molecule has 3 N–H and O–H groups in total. The van der Waals surface area contributed by atoms with Gasteiger partial charge in [0.25, 0.3) is 0 Å². The average Bonchev–Trinajstić information content (AvgIpc) is 2.80. The number of hydrogen-bond donors (Lipinski definition) is 2. The molecule has 4 heteroatoms. The smallest absolute Gasteiger partial charge is 0.220 e. The molecule has 1 heterocycles. The van der Waals surface area contributed by atoms with Crippen molar-refractivity contribution < 1.29 is 4.79 Å². The summed E-state index contributed by atoms with van der Waals surface area (Å²) >= 11 is 1.67. The Labute approximate surface area is 107 Å². The summed E-state index contributed by atoms with van der Waals surface area (Å²) < 4.78 is 0. The van der Waals surface area contributed by atoms with Crippen molar-refractivity contribution in [3.8, 4) is 0 Å². The summed E-state index contributed by atoms with van der Waals surface area (Å²) in [6, 6.07) is 4.17. The van der Waals surface area contributed by atoms with Gasteiger partial charge < -0.3 is 11.1 Å². The molecular formula is C13H22N2OS. The Morgan fingerprint density at radius 2 is 2.24 bits per heavy atom. The number of carbonyl (C=O) groups is 1. The molecule has 3 nitrogen and oxygen atoms in total. The van der Waals surface area contributed by atoms with Crippen LogP contribution in [0.15, 0.2) is 17.5 Å². The maximum atomic E-state index is 11.7. The first-order chi connectivity index (χ1) is 8.13. The molecule has 0 aliphatic carbocycles. The monoisotopic (exact) mass is 254 g/mol. The van der Waals surface area contributed by atoms with E-state index < -0.39 is 0 Å². The maximum absolute atomic E-state index is 11.7. The lowest BCUT2D eigenvalue weighted by Crippen LogP contribution is -2.26. The Bertz CT molecular complexity index is 324. The second-order valence-electron chi connectivity index (χ2n) is 4.53. The molecule has 17 heavy (non-hydrogen) atoms. The summed E-state index contributed by atoms with van der Waals surface area (Å²) in [4.78, 5) is 12.9. The standard InChI is InChI=1S/C13H22N2OS/c1-10(7-8-14)5-6-13(16)15-11(2)12-4-3-9-17-12/h3-4,9-11H,5-8,14H2,1-2H3,(H,15,16)/t10?,11-/m0/s1. The fourth-order valence-corrected chi connectivity index (χ4v) is 2.46. The summed E-state index contributed by atoms with van der Waals surface area (Å²) in [7, 11) is 0. The van der Waals surface area contributed by atoms with Gasteiger partial charge in [0.05, 0.1) is 6.04 Å². The summed E-state index contributed by atoms with van der Waals surface area (Å²) in [6.45, 7) is 4.87. The molecule has 0 aromatic carbocycles. The highest BCUT2D eigenvalue weighted by molar-refractivity contribution is 7.10. The van der Waals surface area contributed by atoms with Crippen LogP contribution in [0.4, 0.5) is 0 Å². The summed E-state index contributed by atoms with van der Waals surface area (Å²) in [5.74, 6) is 0.664. The highest BCUT2D eigenvalue weighted by atomic mass is 32.1. The molecule has 2 atom stereocenters. The largest absolute Gasteiger partial charge is 0.349 e. The molecule has 96 valence electrons. The van der Waals surface area contributed by atoms with Gasteiger partial charge in [0, 0.05) is 11.3 Å². The number of amides is 1. The lowest BCUT2D eigenvalue weighted by molar-refractivity contribution is -0.122. The van der Waals surface area contributed by atoms with Gasteiger partial charge in [-0.25, -0.2) is 0 Å². The van der Waals surface area contributed by atoms with E-state index in [-0.39, 0.29) is 11.9 Å². The van der Waals surface area contributed by atoms with Crippen LogP contribution in [0.3, 0.4) is 0 Å². The second-order valence-corrected chi connectivity index (χ2v) is 5.51. The maximum Gasteiger partial charge on any atom is 0.220 e. The van der Waals surface area contributed by atoms with Gasteiger partial charge in [-0.1, -0.05) is 13.0 Å². The van der Waals surface area contributed by atoms with Crippen molar-refractivity contribution in [2.45, 2.75) is 39.2 Å². The third-order valence-electron chi connectivity index (χ3n) is 2.87. The normalized spacial score (nSPS) is 14.3. The Hall–Kier alpha value is -0.870. The highest BCUT2D eigenvalue weighted by Gasteiger charge is 2.11. The van der Waals surface area contributed by atoms with E-state index in [0.29, 0.717) is 18.9 Å². The van der Waals surface area contributed by atoms with Crippen molar-refractivity contribution >= 4 is 17.2 Å². The number of nitrogens with two attached hydrogens (primary N) is 1. The molecule has 0 saturated carbocycles. The molecule has 0 radical (unpaired) electrons. The van der Waals surface area contributed by atoms with Crippen molar-refractivity contribution in [3.05, 3.63) is 22.4 Å². The van der Waals surface area contributed by atoms with E-state index in [0.717, 1.165) is 12.8 Å². The van der Waals surface area contributed by atoms with Crippen LogP contribution in [0.25, 0.3) is 0 Å². The Morgan fingerprint density at radius 1 is 1.47 bits per heavy atom. The van der Waals surface area contributed by atoms with Gasteiger partial charge in [-0.3, -0.25) is 4.79 Å². The summed E-state index contributed by atoms with van der Waals surface area (Å²) in [6.07, 6.45) is 2.50. The fraction of sp³-hybridized carbons (Fsp3) is 0.615. The van der Waals surface area contributed by atoms with Gasteiger partial charge >= 0.3 is 0 Å². The summed E-state index contributed by atoms with van der Waals surface area (Å²) in [5.41, 5.74) is 5.48. The Morgan fingerprint density at radius 3 is 2.82 bits per heavy atom. The number of carbonyl (C=O) groups excluding carboxylic acids is 1. The predicted octanol–water partition coefficient (Wildman–Crippen LogP) is 2.69. The lowest BCUT2D eigenvalue weighted by atomic mass is 10.0. The third kappa shape index (κ3) is 5.33. The van der Waals surface area contributed by atoms with Gasteiger partial charge in [0.15, 0.2) is 0 Å². The van der Waals surface area contributed by atoms with Gasteiger partial charge in [-0.2, -0.15) is 0 Å². The van der Waals surface area contributed by atoms with Crippen molar-refractivity contribution in [2.75, 3.05) is 6.54 Å². The first-order valence-electron chi connectivity index (χ1n) is 6.16. The number of rotatable bonds is 7. The molecule has 0 aliphatic heterocycles. The lowest BCUT2D eigenvalue weighted by Gasteiger charge is -2.14. The topological polar surface area (TPSA) is 55.1 Å². The average molecular weight is 254 g/mol. The van der Waals surface area contributed by atoms with Crippen molar-refractivity contribution in [1.82, 2.24) is 5.32 Å². The zero-order valence-electron chi connectivity index (χ0n) is 10.6. The van der Waals surface area contributed by atoms with Crippen LogP contribution in [0.2, 0.25) is 0 Å². The molecule has 0 aliphatic rings. The quantitative estimate of drug-likeness (QED) is 0.786. The zero-order valence-corrected chi connectivity index (χ0v) is 11.4. The number of hydrogen-bond acceptors (Lipinski definition) is 3. The molecule has 1 aromatic rings. The van der Waals surface area contributed by atoms with E-state index in [9.17, 15) is 4.79 Å². The minimum Gasteiger partial charge on any atom is -0.349 e. The van der Waals surface area contributed by atoms with Crippen LogP contribution < -0.4 is 11.1 Å². The molecular weight excluding hydrogens is 232 g/mol. The molecule has 1 amide bonds. The van der Waals surface area contributed by atoms with Crippen molar-refractivity contribution in [1.29, 1.82) is 0 Å². The third-order valence-corrected chi connectivity index (χ3v) is 3.93. The molecule has 1 unspecified atom stereocenters. The number of nitrogens with one attached hydrogen (secondary N) is 1. The Balaban J connectivity index is 2.25. The molecule has 1 rings (SSSR count). The van der Waals surface area contributed by atoms with Gasteiger partial charge in [-0.05, 0) is 43.7 Å². The molecule has 0 spiro atoms. The SMILES string of the molecule is CC(CCN)CCC(=O)N[C@@H](C)c1cccs1. The van der Waals surface area contributed by atoms with E-state index in [1.54, 1.807) is 11.3 Å². The second kappa shape index (κ2) is 7.45. The van der Waals surface area contributed by atoms with Gasteiger partial charge in [0.2, 0.25) is 5.91 Å². The minimum absolute atomic E-state index is 0.118. The van der Waals surface area contributed by atoms with Crippen LogP contribution in [0, 0.1) is 5.92 Å². The van der Waals surface area contributed by atoms with Crippen molar-refractivity contribution in [3.63, 3.8) is 0 Å². The predicted molar refractivity (Wildman–Crippen MR) is 72.9 cm³/mol. The van der Waals surface area contributed by atoms with Crippen LogP contribution in [0.1, 0.15) is 44.0 Å². The summed E-state index contributed by atoms with van der Waals surface area (Å²) in [5, 5.41) is 5.05. The molecule has 1 aromatic heterocycles. The molecule has 0 fully saturated rings. The van der Waals surface area contributed by atoms with E-state index in [1.165, 1.54) is 4.88 Å². The first kappa shape index (κ1) is 14.2. The van der Waals surface area contributed by atoms with E-state index in [1.807, 2.05) is 24.4 Å². The zero-order chi connectivity index (χ0) is 12.7. The minimum atomic E-state index is 0.118. The van der Waals surface area contributed by atoms with Crippen LogP contribution in [-0.4, -0.2) is 12.5 Å². The highest BCUT2D eigenvalue weighted by Crippen LogP contribution is 2.18. The van der Waals surface area contributed by atoms with Gasteiger partial charge in [-0.15, -0.1) is 11.3 Å². The Kier molecular flexibility index (Phi) is 6.22. The van der Waals surface area contributed by atoms with E-state index >= 15 is 0 Å². The van der Waals surface area contributed by atoms with Crippen LogP contribution >= 0.6 is 11.3 Å². The van der Waals surface area contributed by atoms with Crippen molar-refractivity contribution in [2.24, 2.45) is 11.7 Å². The van der Waals surface area contributed by atoms with Crippen LogP contribution in [-0.2, 0) is 4.79 Å². The first-order valence-corrected chi connectivity index (χ1v) is 7.04.